The molecule has 1 aliphatic heterocycles. The first kappa shape index (κ1) is 16.0. The molecule has 0 spiro atoms. The van der Waals surface area contributed by atoms with E-state index in [2.05, 4.69) is 9.80 Å². The molecule has 4 heteroatoms. The van der Waals surface area contributed by atoms with Gasteiger partial charge in [-0.1, -0.05) is 30.3 Å². The van der Waals surface area contributed by atoms with E-state index in [0.717, 1.165) is 50.4 Å². The van der Waals surface area contributed by atoms with E-state index in [0.29, 0.717) is 0 Å². The lowest BCUT2D eigenvalue weighted by Crippen LogP contribution is -2.46. The molecule has 0 saturated carbocycles. The number of hydrogen-bond acceptors (Lipinski definition) is 3. The summed E-state index contributed by atoms with van der Waals surface area (Å²) in [4.78, 5) is 4.66. The minimum Gasteiger partial charge on any atom is -0.388 e. The minimum absolute atomic E-state index is 0.192. The van der Waals surface area contributed by atoms with E-state index >= 15 is 0 Å². The van der Waals surface area contributed by atoms with E-state index in [9.17, 15) is 9.50 Å². The summed E-state index contributed by atoms with van der Waals surface area (Å²) in [5.74, 6) is -0.192. The summed E-state index contributed by atoms with van der Waals surface area (Å²) in [7, 11) is 0. The van der Waals surface area contributed by atoms with Crippen LogP contribution in [-0.4, -0.2) is 42.7 Å². The van der Waals surface area contributed by atoms with Crippen LogP contribution in [0.15, 0.2) is 54.6 Å². The lowest BCUT2D eigenvalue weighted by atomic mass is 10.1. The van der Waals surface area contributed by atoms with E-state index < -0.39 is 6.10 Å². The Morgan fingerprint density at radius 3 is 2.22 bits per heavy atom. The second-order valence-corrected chi connectivity index (χ2v) is 6.02. The van der Waals surface area contributed by atoms with Crippen molar-refractivity contribution in [1.82, 2.24) is 4.90 Å². The van der Waals surface area contributed by atoms with Crippen molar-refractivity contribution in [2.45, 2.75) is 12.5 Å². The van der Waals surface area contributed by atoms with Gasteiger partial charge in [-0.3, -0.25) is 4.90 Å². The Bertz CT molecular complexity index is 595. The third-order valence-electron chi connectivity index (χ3n) is 4.47. The SMILES string of the molecule is O[C@@H](CCN1CCN(c2ccc(F)cc2)CC1)c1ccccc1. The summed E-state index contributed by atoms with van der Waals surface area (Å²) in [6, 6.07) is 16.5. The van der Waals surface area contributed by atoms with Crippen LogP contribution in [0.1, 0.15) is 18.1 Å². The molecule has 1 atom stereocenters. The van der Waals surface area contributed by atoms with E-state index in [1.165, 1.54) is 12.1 Å². The highest BCUT2D eigenvalue weighted by Gasteiger charge is 2.18. The molecule has 122 valence electrons. The maximum Gasteiger partial charge on any atom is 0.123 e. The van der Waals surface area contributed by atoms with Crippen LogP contribution in [0.4, 0.5) is 10.1 Å². The zero-order valence-electron chi connectivity index (χ0n) is 13.2. The molecule has 0 amide bonds. The van der Waals surface area contributed by atoms with Gasteiger partial charge in [0.25, 0.3) is 0 Å². The number of aliphatic hydroxyl groups is 1. The second-order valence-electron chi connectivity index (χ2n) is 6.02. The molecule has 0 unspecified atom stereocenters. The molecular formula is C19H23FN2O. The number of aliphatic hydroxyl groups excluding tert-OH is 1. The lowest BCUT2D eigenvalue weighted by molar-refractivity contribution is 0.139. The summed E-state index contributed by atoms with van der Waals surface area (Å²) in [5, 5.41) is 10.2. The van der Waals surface area contributed by atoms with Gasteiger partial charge in [-0.2, -0.15) is 0 Å². The molecule has 0 aromatic heterocycles. The predicted molar refractivity (Wildman–Crippen MR) is 91.1 cm³/mol. The van der Waals surface area contributed by atoms with Gasteiger partial charge in [-0.15, -0.1) is 0 Å². The van der Waals surface area contributed by atoms with Gasteiger partial charge in [0.15, 0.2) is 0 Å². The van der Waals surface area contributed by atoms with Crippen LogP contribution in [0.3, 0.4) is 0 Å². The number of anilines is 1. The van der Waals surface area contributed by atoms with Gasteiger partial charge in [0.05, 0.1) is 6.10 Å². The average molecular weight is 314 g/mol. The van der Waals surface area contributed by atoms with Gasteiger partial charge in [0, 0.05) is 38.4 Å². The highest BCUT2D eigenvalue weighted by molar-refractivity contribution is 5.46. The molecule has 23 heavy (non-hydrogen) atoms. The fourth-order valence-corrected chi connectivity index (χ4v) is 3.03. The highest BCUT2D eigenvalue weighted by Crippen LogP contribution is 2.19. The van der Waals surface area contributed by atoms with Gasteiger partial charge >= 0.3 is 0 Å². The summed E-state index contributed by atoms with van der Waals surface area (Å²) in [5.41, 5.74) is 2.06. The number of halogens is 1. The molecule has 3 nitrogen and oxygen atoms in total. The normalized spacial score (nSPS) is 17.2. The topological polar surface area (TPSA) is 26.7 Å². The standard InChI is InChI=1S/C19H23FN2O/c20-17-6-8-18(9-7-17)22-14-12-21(13-15-22)11-10-19(23)16-4-2-1-3-5-16/h1-9,19,23H,10-15H2/t19-/m0/s1. The Kier molecular flexibility index (Phi) is 5.26. The van der Waals surface area contributed by atoms with Crippen LogP contribution in [-0.2, 0) is 0 Å². The Morgan fingerprint density at radius 1 is 0.913 bits per heavy atom. The van der Waals surface area contributed by atoms with Gasteiger partial charge in [-0.05, 0) is 36.2 Å². The molecule has 1 heterocycles. The molecule has 1 saturated heterocycles. The van der Waals surface area contributed by atoms with Crippen molar-refractivity contribution in [2.24, 2.45) is 0 Å². The molecule has 2 aromatic rings. The largest absolute Gasteiger partial charge is 0.388 e. The van der Waals surface area contributed by atoms with Crippen LogP contribution >= 0.6 is 0 Å². The van der Waals surface area contributed by atoms with E-state index in [-0.39, 0.29) is 5.82 Å². The zero-order chi connectivity index (χ0) is 16.1. The van der Waals surface area contributed by atoms with Crippen molar-refractivity contribution < 1.29 is 9.50 Å². The smallest absolute Gasteiger partial charge is 0.123 e. The second kappa shape index (κ2) is 7.57. The summed E-state index contributed by atoms with van der Waals surface area (Å²) in [6.45, 7) is 4.71. The number of benzene rings is 2. The molecule has 1 fully saturated rings. The van der Waals surface area contributed by atoms with Crippen LogP contribution in [0, 0.1) is 5.82 Å². The van der Waals surface area contributed by atoms with Gasteiger partial charge in [0.1, 0.15) is 5.82 Å². The Balaban J connectivity index is 1.45. The first-order valence-electron chi connectivity index (χ1n) is 8.18. The number of piperazine rings is 1. The minimum atomic E-state index is -0.397. The maximum atomic E-state index is 13.0. The van der Waals surface area contributed by atoms with Crippen molar-refractivity contribution in [3.8, 4) is 0 Å². The first-order valence-corrected chi connectivity index (χ1v) is 8.18. The number of nitrogens with zero attached hydrogens (tertiary/aromatic N) is 2. The molecule has 0 bridgehead atoms. The van der Waals surface area contributed by atoms with E-state index in [1.54, 1.807) is 0 Å². The van der Waals surface area contributed by atoms with Crippen molar-refractivity contribution in [3.05, 3.63) is 66.0 Å². The Labute approximate surface area is 137 Å². The van der Waals surface area contributed by atoms with Crippen LogP contribution in [0.25, 0.3) is 0 Å². The monoisotopic (exact) mass is 314 g/mol. The lowest BCUT2D eigenvalue weighted by Gasteiger charge is -2.36. The zero-order valence-corrected chi connectivity index (χ0v) is 13.2. The third-order valence-corrected chi connectivity index (χ3v) is 4.47. The van der Waals surface area contributed by atoms with Crippen LogP contribution < -0.4 is 4.90 Å². The Hall–Kier alpha value is -1.91. The van der Waals surface area contributed by atoms with Crippen molar-refractivity contribution in [1.29, 1.82) is 0 Å². The molecule has 1 aliphatic rings. The van der Waals surface area contributed by atoms with E-state index in [1.807, 2.05) is 42.5 Å². The molecule has 2 aromatic carbocycles. The average Bonchev–Trinajstić information content (AvgIpc) is 2.61. The predicted octanol–water partition coefficient (Wildman–Crippen LogP) is 3.07. The number of rotatable bonds is 5. The highest BCUT2D eigenvalue weighted by atomic mass is 19.1. The first-order chi connectivity index (χ1) is 11.2. The molecule has 1 N–H and O–H groups in total. The van der Waals surface area contributed by atoms with Crippen molar-refractivity contribution in [2.75, 3.05) is 37.6 Å². The van der Waals surface area contributed by atoms with Gasteiger partial charge < -0.3 is 10.0 Å². The quantitative estimate of drug-likeness (QED) is 0.919. The fourth-order valence-electron chi connectivity index (χ4n) is 3.03. The van der Waals surface area contributed by atoms with Gasteiger partial charge in [0.2, 0.25) is 0 Å². The Morgan fingerprint density at radius 2 is 1.57 bits per heavy atom. The maximum absolute atomic E-state index is 13.0. The molecule has 3 rings (SSSR count). The van der Waals surface area contributed by atoms with Crippen molar-refractivity contribution in [3.63, 3.8) is 0 Å². The number of hydrogen-bond donors (Lipinski definition) is 1. The molecule has 0 aliphatic carbocycles. The summed E-state index contributed by atoms with van der Waals surface area (Å²) >= 11 is 0. The molecular weight excluding hydrogens is 291 g/mol. The molecule has 0 radical (unpaired) electrons. The third kappa shape index (κ3) is 4.30. The summed E-state index contributed by atoms with van der Waals surface area (Å²) < 4.78 is 13.0. The summed E-state index contributed by atoms with van der Waals surface area (Å²) in [6.07, 6.45) is 0.354. The van der Waals surface area contributed by atoms with Crippen molar-refractivity contribution >= 4 is 5.69 Å². The fraction of sp³-hybridized carbons (Fsp3) is 0.368. The van der Waals surface area contributed by atoms with Crippen LogP contribution in [0.2, 0.25) is 0 Å². The van der Waals surface area contributed by atoms with E-state index in [4.69, 9.17) is 0 Å². The van der Waals surface area contributed by atoms with Crippen LogP contribution in [0.5, 0.6) is 0 Å². The van der Waals surface area contributed by atoms with Gasteiger partial charge in [-0.25, -0.2) is 4.39 Å².